The number of hydrogen-bond donors (Lipinski definition) is 1. The third-order valence-corrected chi connectivity index (χ3v) is 5.91. The maximum Gasteiger partial charge on any atom is 0.285 e. The van der Waals surface area contributed by atoms with E-state index in [-0.39, 0.29) is 10.8 Å². The first-order valence-electron chi connectivity index (χ1n) is 9.16. The molecule has 6 heteroatoms. The number of benzene rings is 3. The molecule has 0 aromatic heterocycles. The summed E-state index contributed by atoms with van der Waals surface area (Å²) in [5.41, 5.74) is 2.28. The Morgan fingerprint density at radius 1 is 0.862 bits per heavy atom. The molecule has 0 amide bonds. The van der Waals surface area contributed by atoms with Gasteiger partial charge in [0.2, 0.25) is 5.90 Å². The maximum absolute atomic E-state index is 12.9. The number of aliphatic hydroxyl groups is 1. The van der Waals surface area contributed by atoms with Crippen molar-refractivity contribution in [2.45, 2.75) is 23.8 Å². The smallest absolute Gasteiger partial charge is 0.285 e. The van der Waals surface area contributed by atoms with Gasteiger partial charge in [-0.15, -0.1) is 4.40 Å². The van der Waals surface area contributed by atoms with Crippen LogP contribution in [-0.4, -0.2) is 26.5 Å². The first-order valence-corrected chi connectivity index (χ1v) is 10.6. The molecule has 2 atom stereocenters. The van der Waals surface area contributed by atoms with E-state index in [0.29, 0.717) is 11.1 Å². The molecule has 0 spiro atoms. The predicted octanol–water partition coefficient (Wildman–Crippen LogP) is 4.25. The molecule has 150 valence electrons. The molecule has 0 saturated carbocycles. The van der Waals surface area contributed by atoms with Gasteiger partial charge in [0.05, 0.1) is 24.0 Å². The SMILES string of the molecule is CO/C(=N/S(=O)(=O)c1ccc(C)cc1)[C@H](c1ccccc1)[C@@H](O)c1ccccc1. The second-order valence-electron chi connectivity index (χ2n) is 6.67. The topological polar surface area (TPSA) is 76.0 Å². The Morgan fingerprint density at radius 2 is 1.38 bits per heavy atom. The monoisotopic (exact) mass is 409 g/mol. The molecule has 29 heavy (non-hydrogen) atoms. The average Bonchev–Trinajstić information content (AvgIpc) is 2.74. The van der Waals surface area contributed by atoms with Crippen LogP contribution in [0.1, 0.15) is 28.7 Å². The van der Waals surface area contributed by atoms with Crippen LogP contribution in [0.25, 0.3) is 0 Å². The van der Waals surface area contributed by atoms with Gasteiger partial charge < -0.3 is 9.84 Å². The highest BCUT2D eigenvalue weighted by molar-refractivity contribution is 7.90. The molecule has 5 nitrogen and oxygen atoms in total. The molecule has 3 aromatic carbocycles. The Balaban J connectivity index is 2.09. The largest absolute Gasteiger partial charge is 0.483 e. The Bertz CT molecular complexity index is 1060. The molecule has 0 bridgehead atoms. The predicted molar refractivity (Wildman–Crippen MR) is 113 cm³/mol. The lowest BCUT2D eigenvalue weighted by Gasteiger charge is -2.24. The Kier molecular flexibility index (Phi) is 6.46. The van der Waals surface area contributed by atoms with Crippen LogP contribution < -0.4 is 0 Å². The fraction of sp³-hybridized carbons (Fsp3) is 0.174. The molecular formula is C23H23NO4S. The highest BCUT2D eigenvalue weighted by Crippen LogP contribution is 2.33. The van der Waals surface area contributed by atoms with Gasteiger partial charge in [-0.05, 0) is 30.2 Å². The van der Waals surface area contributed by atoms with Crippen molar-refractivity contribution >= 4 is 15.9 Å². The van der Waals surface area contributed by atoms with E-state index in [0.717, 1.165) is 5.56 Å². The number of methoxy groups -OCH3 is 1. The van der Waals surface area contributed by atoms with Gasteiger partial charge in [0, 0.05) is 0 Å². The van der Waals surface area contributed by atoms with Gasteiger partial charge in [0.1, 0.15) is 0 Å². The lowest BCUT2D eigenvalue weighted by molar-refractivity contribution is 0.158. The van der Waals surface area contributed by atoms with E-state index in [2.05, 4.69) is 4.40 Å². The summed E-state index contributed by atoms with van der Waals surface area (Å²) in [5.74, 6) is -0.864. The second kappa shape index (κ2) is 9.03. The minimum Gasteiger partial charge on any atom is -0.483 e. The second-order valence-corrected chi connectivity index (χ2v) is 8.27. The van der Waals surface area contributed by atoms with E-state index < -0.39 is 22.0 Å². The number of sulfonamides is 1. The number of nitrogens with zero attached hydrogens (tertiary/aromatic N) is 1. The summed E-state index contributed by atoms with van der Waals surface area (Å²) in [5, 5.41) is 11.1. The zero-order valence-electron chi connectivity index (χ0n) is 16.3. The summed E-state index contributed by atoms with van der Waals surface area (Å²) in [6.07, 6.45) is -1.04. The number of aliphatic hydroxyl groups excluding tert-OH is 1. The van der Waals surface area contributed by atoms with Gasteiger partial charge in [0.15, 0.2) is 0 Å². The molecule has 0 aliphatic carbocycles. The van der Waals surface area contributed by atoms with E-state index >= 15 is 0 Å². The molecule has 3 rings (SSSR count). The van der Waals surface area contributed by atoms with Crippen molar-refractivity contribution in [2.24, 2.45) is 4.40 Å². The van der Waals surface area contributed by atoms with Gasteiger partial charge in [0.25, 0.3) is 10.0 Å². The van der Waals surface area contributed by atoms with Crippen LogP contribution in [0.4, 0.5) is 0 Å². The van der Waals surface area contributed by atoms with E-state index in [9.17, 15) is 13.5 Å². The van der Waals surface area contributed by atoms with Crippen LogP contribution in [0.15, 0.2) is 94.2 Å². The van der Waals surface area contributed by atoms with Gasteiger partial charge in [-0.2, -0.15) is 8.42 Å². The minimum atomic E-state index is -4.01. The molecule has 0 aliphatic rings. The number of ether oxygens (including phenoxy) is 1. The first-order chi connectivity index (χ1) is 13.9. The third kappa shape index (κ3) is 4.91. The molecule has 3 aromatic rings. The standard InChI is InChI=1S/C23H23NO4S/c1-17-13-15-20(16-14-17)29(26,27)24-23(28-2)21(18-9-5-3-6-10-18)22(25)19-11-7-4-8-12-19/h3-16,21-22,25H,1-2H3/b24-23+/t21-,22+/m1/s1. The summed E-state index contributed by atoms with van der Waals surface area (Å²) in [6, 6.07) is 24.6. The summed E-state index contributed by atoms with van der Waals surface area (Å²) in [4.78, 5) is 0.0682. The zero-order chi connectivity index (χ0) is 20.9. The Labute approximate surface area is 171 Å². The van der Waals surface area contributed by atoms with Gasteiger partial charge in [-0.3, -0.25) is 0 Å². The number of aryl methyl sites for hydroxylation is 1. The quantitative estimate of drug-likeness (QED) is 0.488. The highest BCUT2D eigenvalue weighted by atomic mass is 32.2. The molecule has 0 heterocycles. The molecule has 0 saturated heterocycles. The molecule has 0 radical (unpaired) electrons. The normalized spacial score (nSPS) is 14.2. The fourth-order valence-electron chi connectivity index (χ4n) is 3.07. The van der Waals surface area contributed by atoms with Crippen LogP contribution in [0.5, 0.6) is 0 Å². The van der Waals surface area contributed by atoms with E-state index in [1.54, 1.807) is 24.3 Å². The maximum atomic E-state index is 12.9. The van der Waals surface area contributed by atoms with Crippen molar-refractivity contribution in [1.82, 2.24) is 0 Å². The molecule has 0 unspecified atom stereocenters. The van der Waals surface area contributed by atoms with Crippen LogP contribution in [0, 0.1) is 6.92 Å². The van der Waals surface area contributed by atoms with Crippen molar-refractivity contribution in [3.05, 3.63) is 102 Å². The molecule has 1 N–H and O–H groups in total. The van der Waals surface area contributed by atoms with Crippen molar-refractivity contribution in [3.63, 3.8) is 0 Å². The number of hydrogen-bond acceptors (Lipinski definition) is 4. The van der Waals surface area contributed by atoms with Crippen molar-refractivity contribution < 1.29 is 18.3 Å². The van der Waals surface area contributed by atoms with Crippen molar-refractivity contribution in [3.8, 4) is 0 Å². The Morgan fingerprint density at radius 3 is 1.90 bits per heavy atom. The summed E-state index contributed by atoms with van der Waals surface area (Å²) < 4.78 is 35.1. The molecule has 0 aliphatic heterocycles. The first kappa shape index (κ1) is 20.8. The lowest BCUT2D eigenvalue weighted by Crippen LogP contribution is -2.23. The van der Waals surface area contributed by atoms with Gasteiger partial charge >= 0.3 is 0 Å². The van der Waals surface area contributed by atoms with Crippen LogP contribution in [-0.2, 0) is 14.8 Å². The van der Waals surface area contributed by atoms with Crippen LogP contribution >= 0.6 is 0 Å². The van der Waals surface area contributed by atoms with Gasteiger partial charge in [-0.25, -0.2) is 0 Å². The van der Waals surface area contributed by atoms with E-state index in [1.807, 2.05) is 55.5 Å². The third-order valence-electron chi connectivity index (χ3n) is 4.62. The van der Waals surface area contributed by atoms with E-state index in [1.165, 1.54) is 19.2 Å². The number of rotatable bonds is 6. The highest BCUT2D eigenvalue weighted by Gasteiger charge is 2.31. The zero-order valence-corrected chi connectivity index (χ0v) is 17.1. The average molecular weight is 410 g/mol. The minimum absolute atomic E-state index is 0.0682. The fourth-order valence-corrected chi connectivity index (χ4v) is 4.08. The lowest BCUT2D eigenvalue weighted by atomic mass is 9.89. The summed E-state index contributed by atoms with van der Waals surface area (Å²) in [7, 11) is -2.65. The van der Waals surface area contributed by atoms with Crippen LogP contribution in [0.3, 0.4) is 0 Å². The molecular weight excluding hydrogens is 386 g/mol. The van der Waals surface area contributed by atoms with Crippen LogP contribution in [0.2, 0.25) is 0 Å². The van der Waals surface area contributed by atoms with E-state index in [4.69, 9.17) is 4.74 Å². The Hall–Kier alpha value is -2.96. The summed E-state index contributed by atoms with van der Waals surface area (Å²) in [6.45, 7) is 1.88. The van der Waals surface area contributed by atoms with Crippen molar-refractivity contribution in [1.29, 1.82) is 0 Å². The summed E-state index contributed by atoms with van der Waals surface area (Å²) >= 11 is 0. The molecule has 0 fully saturated rings. The van der Waals surface area contributed by atoms with Crippen molar-refractivity contribution in [2.75, 3.05) is 7.11 Å². The van der Waals surface area contributed by atoms with Gasteiger partial charge in [-0.1, -0.05) is 78.4 Å².